The Bertz CT molecular complexity index is 570. The van der Waals surface area contributed by atoms with Gasteiger partial charge in [0.15, 0.2) is 0 Å². The number of anilines is 1. The van der Waals surface area contributed by atoms with Crippen LogP contribution in [0.15, 0.2) is 40.9 Å². The quantitative estimate of drug-likeness (QED) is 0.867. The normalized spacial score (nSPS) is 10.2. The SMILES string of the molecule is COc1cc(Oc2cc(Br)ccc2C)ccc1N. The van der Waals surface area contributed by atoms with Crippen LogP contribution in [0.2, 0.25) is 0 Å². The average Bonchev–Trinajstić information content (AvgIpc) is 2.36. The summed E-state index contributed by atoms with van der Waals surface area (Å²) in [4.78, 5) is 0. The van der Waals surface area contributed by atoms with E-state index < -0.39 is 0 Å². The molecule has 0 aliphatic carbocycles. The first-order valence-corrected chi connectivity index (χ1v) is 6.27. The number of ether oxygens (including phenoxy) is 2. The molecule has 2 aromatic rings. The van der Waals surface area contributed by atoms with E-state index in [0.717, 1.165) is 15.8 Å². The predicted molar refractivity (Wildman–Crippen MR) is 76.4 cm³/mol. The number of methoxy groups -OCH3 is 1. The molecule has 3 nitrogen and oxygen atoms in total. The van der Waals surface area contributed by atoms with Crippen molar-refractivity contribution in [3.05, 3.63) is 46.4 Å². The highest BCUT2D eigenvalue weighted by molar-refractivity contribution is 9.10. The molecule has 0 bridgehead atoms. The monoisotopic (exact) mass is 307 g/mol. The van der Waals surface area contributed by atoms with Crippen molar-refractivity contribution in [1.29, 1.82) is 0 Å². The Morgan fingerprint density at radius 1 is 1.06 bits per heavy atom. The molecule has 0 saturated heterocycles. The lowest BCUT2D eigenvalue weighted by molar-refractivity contribution is 0.411. The highest BCUT2D eigenvalue weighted by Gasteiger charge is 2.05. The second-order valence-electron chi connectivity index (χ2n) is 3.92. The van der Waals surface area contributed by atoms with E-state index in [1.807, 2.05) is 31.2 Å². The molecule has 2 rings (SSSR count). The first-order chi connectivity index (χ1) is 8.60. The van der Waals surface area contributed by atoms with E-state index in [9.17, 15) is 0 Å². The van der Waals surface area contributed by atoms with Crippen LogP contribution < -0.4 is 15.2 Å². The van der Waals surface area contributed by atoms with Gasteiger partial charge in [-0.2, -0.15) is 0 Å². The summed E-state index contributed by atoms with van der Waals surface area (Å²) in [5.41, 5.74) is 7.42. The minimum atomic E-state index is 0.593. The van der Waals surface area contributed by atoms with Crippen LogP contribution in [0.4, 0.5) is 5.69 Å². The molecule has 18 heavy (non-hydrogen) atoms. The van der Waals surface area contributed by atoms with Crippen molar-refractivity contribution < 1.29 is 9.47 Å². The van der Waals surface area contributed by atoms with E-state index in [2.05, 4.69) is 15.9 Å². The Labute approximate surface area is 115 Å². The Balaban J connectivity index is 2.31. The van der Waals surface area contributed by atoms with Gasteiger partial charge in [0.2, 0.25) is 0 Å². The topological polar surface area (TPSA) is 44.5 Å². The molecule has 0 saturated carbocycles. The van der Waals surface area contributed by atoms with Crippen molar-refractivity contribution in [2.75, 3.05) is 12.8 Å². The van der Waals surface area contributed by atoms with Crippen molar-refractivity contribution in [1.82, 2.24) is 0 Å². The van der Waals surface area contributed by atoms with E-state index >= 15 is 0 Å². The summed E-state index contributed by atoms with van der Waals surface area (Å²) in [7, 11) is 1.58. The van der Waals surface area contributed by atoms with Crippen molar-refractivity contribution in [3.63, 3.8) is 0 Å². The molecule has 0 aliphatic rings. The first-order valence-electron chi connectivity index (χ1n) is 5.47. The van der Waals surface area contributed by atoms with Crippen molar-refractivity contribution >= 4 is 21.6 Å². The van der Waals surface area contributed by atoms with Crippen molar-refractivity contribution in [2.24, 2.45) is 0 Å². The van der Waals surface area contributed by atoms with Gasteiger partial charge in [-0.05, 0) is 36.8 Å². The number of rotatable bonds is 3. The highest BCUT2D eigenvalue weighted by Crippen LogP contribution is 2.32. The second-order valence-corrected chi connectivity index (χ2v) is 4.83. The fourth-order valence-corrected chi connectivity index (χ4v) is 1.91. The van der Waals surface area contributed by atoms with Gasteiger partial charge < -0.3 is 15.2 Å². The van der Waals surface area contributed by atoms with Gasteiger partial charge in [-0.1, -0.05) is 22.0 Å². The van der Waals surface area contributed by atoms with Gasteiger partial charge in [-0.25, -0.2) is 0 Å². The Morgan fingerprint density at radius 2 is 1.83 bits per heavy atom. The van der Waals surface area contributed by atoms with Gasteiger partial charge in [0, 0.05) is 10.5 Å². The third-order valence-corrected chi connectivity index (χ3v) is 3.08. The third-order valence-electron chi connectivity index (χ3n) is 2.58. The number of nitrogen functional groups attached to an aromatic ring is 1. The molecule has 0 unspecified atom stereocenters. The van der Waals surface area contributed by atoms with Gasteiger partial charge in [-0.15, -0.1) is 0 Å². The zero-order chi connectivity index (χ0) is 13.1. The van der Waals surface area contributed by atoms with Crippen molar-refractivity contribution in [3.8, 4) is 17.2 Å². The fourth-order valence-electron chi connectivity index (χ4n) is 1.57. The zero-order valence-electron chi connectivity index (χ0n) is 10.2. The predicted octanol–water partition coefficient (Wildman–Crippen LogP) is 4.14. The van der Waals surface area contributed by atoms with Gasteiger partial charge in [0.25, 0.3) is 0 Å². The molecular formula is C14H14BrNO2. The summed E-state index contributed by atoms with van der Waals surface area (Å²) in [6.45, 7) is 2.00. The Kier molecular flexibility index (Phi) is 3.77. The Morgan fingerprint density at radius 3 is 2.56 bits per heavy atom. The lowest BCUT2D eigenvalue weighted by Gasteiger charge is -2.11. The van der Waals surface area contributed by atoms with Gasteiger partial charge >= 0.3 is 0 Å². The molecular weight excluding hydrogens is 294 g/mol. The minimum Gasteiger partial charge on any atom is -0.494 e. The van der Waals surface area contributed by atoms with Crippen molar-refractivity contribution in [2.45, 2.75) is 6.92 Å². The van der Waals surface area contributed by atoms with Gasteiger partial charge in [0.05, 0.1) is 12.8 Å². The maximum absolute atomic E-state index is 5.82. The summed E-state index contributed by atoms with van der Waals surface area (Å²) in [6.07, 6.45) is 0. The van der Waals surface area contributed by atoms with E-state index in [1.165, 1.54) is 0 Å². The van der Waals surface area contributed by atoms with Crippen LogP contribution >= 0.6 is 15.9 Å². The molecule has 0 aliphatic heterocycles. The lowest BCUT2D eigenvalue weighted by atomic mass is 10.2. The van der Waals surface area contributed by atoms with Crippen LogP contribution in [0.3, 0.4) is 0 Å². The largest absolute Gasteiger partial charge is 0.494 e. The van der Waals surface area contributed by atoms with E-state index in [4.69, 9.17) is 15.2 Å². The third kappa shape index (κ3) is 2.76. The molecule has 0 radical (unpaired) electrons. The van der Waals surface area contributed by atoms with Gasteiger partial charge in [0.1, 0.15) is 17.2 Å². The second kappa shape index (κ2) is 5.31. The summed E-state index contributed by atoms with van der Waals surface area (Å²) in [6, 6.07) is 11.3. The maximum atomic E-state index is 5.82. The minimum absolute atomic E-state index is 0.593. The van der Waals surface area contributed by atoms with Crippen LogP contribution in [-0.2, 0) is 0 Å². The van der Waals surface area contributed by atoms with Crippen LogP contribution in [0.1, 0.15) is 5.56 Å². The highest BCUT2D eigenvalue weighted by atomic mass is 79.9. The van der Waals surface area contributed by atoms with E-state index in [1.54, 1.807) is 19.2 Å². The van der Waals surface area contributed by atoms with E-state index in [-0.39, 0.29) is 0 Å². The van der Waals surface area contributed by atoms with Gasteiger partial charge in [-0.3, -0.25) is 0 Å². The average molecular weight is 308 g/mol. The Hall–Kier alpha value is -1.68. The number of hydrogen-bond acceptors (Lipinski definition) is 3. The molecule has 0 atom stereocenters. The van der Waals surface area contributed by atoms with Crippen LogP contribution in [0.25, 0.3) is 0 Å². The number of nitrogens with two attached hydrogens (primary N) is 1. The molecule has 2 N–H and O–H groups in total. The van der Waals surface area contributed by atoms with Crippen LogP contribution in [0.5, 0.6) is 17.2 Å². The number of halogens is 1. The molecule has 0 fully saturated rings. The van der Waals surface area contributed by atoms with Crippen LogP contribution in [-0.4, -0.2) is 7.11 Å². The zero-order valence-corrected chi connectivity index (χ0v) is 11.8. The smallest absolute Gasteiger partial charge is 0.145 e. The van der Waals surface area contributed by atoms with Crippen LogP contribution in [0, 0.1) is 6.92 Å². The fraction of sp³-hybridized carbons (Fsp3) is 0.143. The molecule has 0 aromatic heterocycles. The molecule has 4 heteroatoms. The standard InChI is InChI=1S/C14H14BrNO2/c1-9-3-4-10(15)7-13(9)18-11-5-6-12(16)14(8-11)17-2/h3-8H,16H2,1-2H3. The molecule has 0 amide bonds. The molecule has 0 heterocycles. The molecule has 94 valence electrons. The summed E-state index contributed by atoms with van der Waals surface area (Å²) in [5.74, 6) is 2.11. The summed E-state index contributed by atoms with van der Waals surface area (Å²) >= 11 is 3.42. The number of aryl methyl sites for hydroxylation is 1. The molecule has 2 aromatic carbocycles. The summed E-state index contributed by atoms with van der Waals surface area (Å²) < 4.78 is 12.0. The number of hydrogen-bond donors (Lipinski definition) is 1. The lowest BCUT2D eigenvalue weighted by Crippen LogP contribution is -1.93. The number of benzene rings is 2. The summed E-state index contributed by atoms with van der Waals surface area (Å²) in [5, 5.41) is 0. The van der Waals surface area contributed by atoms with E-state index in [0.29, 0.717) is 17.2 Å². The molecule has 0 spiro atoms. The first kappa shape index (κ1) is 12.8. The maximum Gasteiger partial charge on any atom is 0.145 e.